The highest BCUT2D eigenvalue weighted by molar-refractivity contribution is 5.48. The lowest BCUT2D eigenvalue weighted by molar-refractivity contribution is 0.415. The minimum absolute atomic E-state index is 0.0575. The zero-order valence-electron chi connectivity index (χ0n) is 11.3. The molecule has 2 aromatic rings. The Morgan fingerprint density at radius 3 is 2.58 bits per heavy atom. The topological polar surface area (TPSA) is 60.2 Å². The Balaban J connectivity index is 2.17. The first-order chi connectivity index (χ1) is 9.24. The van der Waals surface area contributed by atoms with E-state index in [0.717, 1.165) is 17.0 Å². The average molecular weight is 257 g/mol. The molecule has 1 unspecified atom stereocenters. The van der Waals surface area contributed by atoms with Crippen molar-refractivity contribution in [2.75, 3.05) is 19.0 Å². The Bertz CT molecular complexity index is 525. The van der Waals surface area contributed by atoms with Gasteiger partial charge >= 0.3 is 0 Å². The Morgan fingerprint density at radius 2 is 2.00 bits per heavy atom. The molecule has 0 saturated carbocycles. The molecule has 0 aliphatic rings. The number of benzene rings is 1. The van der Waals surface area contributed by atoms with Gasteiger partial charge in [-0.2, -0.15) is 0 Å². The predicted molar refractivity (Wildman–Crippen MR) is 77.4 cm³/mol. The number of aromatic nitrogens is 1. The number of hydrogen-bond acceptors (Lipinski definition) is 4. The predicted octanol–water partition coefficient (Wildman–Crippen LogP) is 2.51. The van der Waals surface area contributed by atoms with Crippen LogP contribution in [-0.4, -0.2) is 18.6 Å². The molecule has 0 fully saturated rings. The summed E-state index contributed by atoms with van der Waals surface area (Å²) in [5, 5.41) is 3.42. The second kappa shape index (κ2) is 6.20. The third-order valence-electron chi connectivity index (χ3n) is 3.12. The molecule has 0 radical (unpaired) electrons. The van der Waals surface area contributed by atoms with Gasteiger partial charge in [-0.3, -0.25) is 4.98 Å². The summed E-state index contributed by atoms with van der Waals surface area (Å²) in [5.74, 6) is 0.840. The summed E-state index contributed by atoms with van der Waals surface area (Å²) in [6.45, 7) is 2.58. The summed E-state index contributed by atoms with van der Waals surface area (Å²) in [4.78, 5) is 4.17. The molecule has 0 aliphatic carbocycles. The Labute approximate surface area is 113 Å². The summed E-state index contributed by atoms with van der Waals surface area (Å²) >= 11 is 0. The van der Waals surface area contributed by atoms with Gasteiger partial charge in [0.15, 0.2) is 0 Å². The SMILES string of the molecule is COc1ccc(NC(CN)c2cnccc2C)cc1. The molecular weight excluding hydrogens is 238 g/mol. The van der Waals surface area contributed by atoms with Crippen molar-refractivity contribution < 1.29 is 4.74 Å². The summed E-state index contributed by atoms with van der Waals surface area (Å²) in [7, 11) is 1.66. The summed E-state index contributed by atoms with van der Waals surface area (Å²) in [5.41, 5.74) is 9.19. The lowest BCUT2D eigenvalue weighted by Crippen LogP contribution is -2.21. The summed E-state index contributed by atoms with van der Waals surface area (Å²) in [6, 6.07) is 9.86. The van der Waals surface area contributed by atoms with Crippen LogP contribution in [-0.2, 0) is 0 Å². The smallest absolute Gasteiger partial charge is 0.119 e. The van der Waals surface area contributed by atoms with Crippen molar-refractivity contribution in [1.29, 1.82) is 0 Å². The molecule has 3 N–H and O–H groups in total. The Kier molecular flexibility index (Phi) is 4.36. The number of nitrogens with one attached hydrogen (secondary N) is 1. The molecule has 1 aromatic carbocycles. The number of aryl methyl sites for hydroxylation is 1. The van der Waals surface area contributed by atoms with Crippen molar-refractivity contribution in [2.24, 2.45) is 5.73 Å². The maximum absolute atomic E-state index is 5.86. The highest BCUT2D eigenvalue weighted by Crippen LogP contribution is 2.22. The first-order valence-electron chi connectivity index (χ1n) is 6.25. The number of methoxy groups -OCH3 is 1. The van der Waals surface area contributed by atoms with Crippen LogP contribution in [0, 0.1) is 6.92 Å². The number of anilines is 1. The van der Waals surface area contributed by atoms with Gasteiger partial charge in [0.1, 0.15) is 5.75 Å². The third kappa shape index (κ3) is 3.23. The molecule has 1 heterocycles. The van der Waals surface area contributed by atoms with Crippen LogP contribution in [0.15, 0.2) is 42.7 Å². The van der Waals surface area contributed by atoms with E-state index in [0.29, 0.717) is 6.54 Å². The molecule has 1 aromatic heterocycles. The van der Waals surface area contributed by atoms with E-state index in [1.165, 1.54) is 5.56 Å². The van der Waals surface area contributed by atoms with E-state index in [2.05, 4.69) is 17.2 Å². The number of hydrogen-bond donors (Lipinski definition) is 2. The lowest BCUT2D eigenvalue weighted by atomic mass is 10.0. The number of nitrogens with two attached hydrogens (primary N) is 1. The van der Waals surface area contributed by atoms with Gasteiger partial charge in [-0.05, 0) is 48.4 Å². The number of nitrogens with zero attached hydrogens (tertiary/aromatic N) is 1. The van der Waals surface area contributed by atoms with Gasteiger partial charge in [-0.1, -0.05) is 0 Å². The van der Waals surface area contributed by atoms with Crippen molar-refractivity contribution in [3.8, 4) is 5.75 Å². The van der Waals surface area contributed by atoms with Crippen LogP contribution in [0.5, 0.6) is 5.75 Å². The molecule has 0 aliphatic heterocycles. The highest BCUT2D eigenvalue weighted by Gasteiger charge is 2.12. The van der Waals surface area contributed by atoms with Crippen LogP contribution >= 0.6 is 0 Å². The second-order valence-corrected chi connectivity index (χ2v) is 4.39. The fourth-order valence-electron chi connectivity index (χ4n) is 1.99. The first-order valence-corrected chi connectivity index (χ1v) is 6.25. The van der Waals surface area contributed by atoms with Gasteiger partial charge in [0.25, 0.3) is 0 Å². The molecule has 4 nitrogen and oxygen atoms in total. The molecule has 0 spiro atoms. The van der Waals surface area contributed by atoms with Crippen molar-refractivity contribution >= 4 is 5.69 Å². The van der Waals surface area contributed by atoms with Crippen LogP contribution in [0.2, 0.25) is 0 Å². The summed E-state index contributed by atoms with van der Waals surface area (Å²) < 4.78 is 5.14. The molecule has 4 heteroatoms. The minimum atomic E-state index is 0.0575. The van der Waals surface area contributed by atoms with Gasteiger partial charge in [-0.15, -0.1) is 0 Å². The number of pyridine rings is 1. The quantitative estimate of drug-likeness (QED) is 0.864. The largest absolute Gasteiger partial charge is 0.497 e. The van der Waals surface area contributed by atoms with Crippen LogP contribution < -0.4 is 15.8 Å². The lowest BCUT2D eigenvalue weighted by Gasteiger charge is -2.20. The Morgan fingerprint density at radius 1 is 1.26 bits per heavy atom. The highest BCUT2D eigenvalue weighted by atomic mass is 16.5. The molecule has 0 amide bonds. The van der Waals surface area contributed by atoms with E-state index >= 15 is 0 Å². The van der Waals surface area contributed by atoms with Crippen molar-refractivity contribution in [3.05, 3.63) is 53.9 Å². The van der Waals surface area contributed by atoms with Crippen LogP contribution in [0.25, 0.3) is 0 Å². The van der Waals surface area contributed by atoms with Crippen LogP contribution in [0.1, 0.15) is 17.2 Å². The van der Waals surface area contributed by atoms with Crippen molar-refractivity contribution in [1.82, 2.24) is 4.98 Å². The molecule has 0 bridgehead atoms. The number of ether oxygens (including phenoxy) is 1. The molecule has 2 rings (SSSR count). The van der Waals surface area contributed by atoms with Gasteiger partial charge in [0, 0.05) is 24.6 Å². The summed E-state index contributed by atoms with van der Waals surface area (Å²) in [6.07, 6.45) is 3.66. The minimum Gasteiger partial charge on any atom is -0.497 e. The van der Waals surface area contributed by atoms with E-state index in [9.17, 15) is 0 Å². The van der Waals surface area contributed by atoms with E-state index in [1.54, 1.807) is 13.3 Å². The van der Waals surface area contributed by atoms with Crippen molar-refractivity contribution in [2.45, 2.75) is 13.0 Å². The normalized spacial score (nSPS) is 11.9. The number of rotatable bonds is 5. The van der Waals surface area contributed by atoms with E-state index in [4.69, 9.17) is 10.5 Å². The van der Waals surface area contributed by atoms with E-state index in [-0.39, 0.29) is 6.04 Å². The maximum Gasteiger partial charge on any atom is 0.119 e. The molecular formula is C15H19N3O. The van der Waals surface area contributed by atoms with Gasteiger partial charge in [0.2, 0.25) is 0 Å². The monoisotopic (exact) mass is 257 g/mol. The van der Waals surface area contributed by atoms with Gasteiger partial charge in [0.05, 0.1) is 13.2 Å². The van der Waals surface area contributed by atoms with Gasteiger partial charge < -0.3 is 15.8 Å². The van der Waals surface area contributed by atoms with Crippen LogP contribution in [0.4, 0.5) is 5.69 Å². The molecule has 19 heavy (non-hydrogen) atoms. The average Bonchev–Trinajstić information content (AvgIpc) is 2.46. The molecule has 0 saturated heterocycles. The Hall–Kier alpha value is -2.07. The van der Waals surface area contributed by atoms with Crippen molar-refractivity contribution in [3.63, 3.8) is 0 Å². The fourth-order valence-corrected chi connectivity index (χ4v) is 1.99. The molecule has 1 atom stereocenters. The van der Waals surface area contributed by atoms with E-state index in [1.807, 2.05) is 36.5 Å². The second-order valence-electron chi connectivity index (χ2n) is 4.39. The zero-order chi connectivity index (χ0) is 13.7. The third-order valence-corrected chi connectivity index (χ3v) is 3.12. The van der Waals surface area contributed by atoms with Gasteiger partial charge in [-0.25, -0.2) is 0 Å². The fraction of sp³-hybridized carbons (Fsp3) is 0.267. The van der Waals surface area contributed by atoms with Crippen LogP contribution in [0.3, 0.4) is 0 Å². The molecule has 100 valence electrons. The zero-order valence-corrected chi connectivity index (χ0v) is 11.3. The maximum atomic E-state index is 5.86. The standard InChI is InChI=1S/C15H19N3O/c1-11-7-8-17-10-14(11)15(9-16)18-12-3-5-13(19-2)6-4-12/h3-8,10,15,18H,9,16H2,1-2H3. The van der Waals surface area contributed by atoms with E-state index < -0.39 is 0 Å². The first kappa shape index (κ1) is 13.4.